The van der Waals surface area contributed by atoms with Gasteiger partial charge in [0.05, 0.1) is 10.8 Å². The number of nitrogens with zero attached hydrogens (tertiary/aromatic N) is 1. The highest BCUT2D eigenvalue weighted by atomic mass is 32.2. The number of aromatic carboxylic acids is 1. The van der Waals surface area contributed by atoms with Gasteiger partial charge in [-0.2, -0.15) is 0 Å². The van der Waals surface area contributed by atoms with Gasteiger partial charge < -0.3 is 10.0 Å². The molecule has 0 aliphatic carbocycles. The normalized spacial score (nSPS) is 11.7. The average molecular weight is 315 g/mol. The van der Waals surface area contributed by atoms with E-state index in [1.54, 1.807) is 43.1 Å². The van der Waals surface area contributed by atoms with E-state index in [2.05, 4.69) is 0 Å². The molecular weight excluding hydrogens is 298 g/mol. The largest absolute Gasteiger partial charge is 0.478 e. The third-order valence-electron chi connectivity index (χ3n) is 3.24. The summed E-state index contributed by atoms with van der Waals surface area (Å²) in [4.78, 5) is 25.9. The summed E-state index contributed by atoms with van der Waals surface area (Å²) < 4.78 is 0. The van der Waals surface area contributed by atoms with E-state index in [1.165, 1.54) is 11.8 Å². The van der Waals surface area contributed by atoms with Crippen LogP contribution in [0, 0.1) is 0 Å². The molecule has 0 heterocycles. The van der Waals surface area contributed by atoms with E-state index in [0.29, 0.717) is 4.90 Å². The molecule has 5 heteroatoms. The van der Waals surface area contributed by atoms with Gasteiger partial charge >= 0.3 is 5.97 Å². The Morgan fingerprint density at radius 3 is 2.27 bits per heavy atom. The summed E-state index contributed by atoms with van der Waals surface area (Å²) in [6, 6.07) is 16.1. The Morgan fingerprint density at radius 2 is 1.64 bits per heavy atom. The molecule has 1 atom stereocenters. The monoisotopic (exact) mass is 315 g/mol. The summed E-state index contributed by atoms with van der Waals surface area (Å²) in [7, 11) is 1.72. The van der Waals surface area contributed by atoms with Crippen molar-refractivity contribution in [1.82, 2.24) is 0 Å². The van der Waals surface area contributed by atoms with E-state index in [4.69, 9.17) is 0 Å². The summed E-state index contributed by atoms with van der Waals surface area (Å²) >= 11 is 1.26. The molecule has 0 saturated carbocycles. The predicted molar refractivity (Wildman–Crippen MR) is 88.6 cm³/mol. The van der Waals surface area contributed by atoms with Crippen molar-refractivity contribution in [3.05, 3.63) is 60.2 Å². The highest BCUT2D eigenvalue weighted by Gasteiger charge is 2.21. The number of hydrogen-bond acceptors (Lipinski definition) is 3. The number of rotatable bonds is 5. The standard InChI is InChI=1S/C17H17NO3S/c1-12(16(19)18(2)13-8-4-3-5-9-13)22-15-11-7-6-10-14(15)17(20)21/h3-12H,1-2H3,(H,20,21)/t12-/m0/s1. The van der Waals surface area contributed by atoms with Crippen molar-refractivity contribution < 1.29 is 14.7 Å². The topological polar surface area (TPSA) is 57.6 Å². The van der Waals surface area contributed by atoms with Gasteiger partial charge in [-0.3, -0.25) is 4.79 Å². The van der Waals surface area contributed by atoms with Crippen LogP contribution in [-0.2, 0) is 4.79 Å². The van der Waals surface area contributed by atoms with Crippen molar-refractivity contribution in [2.45, 2.75) is 17.1 Å². The van der Waals surface area contributed by atoms with Crippen LogP contribution in [0.25, 0.3) is 0 Å². The molecule has 2 rings (SSSR count). The Morgan fingerprint density at radius 1 is 1.05 bits per heavy atom. The predicted octanol–water partition coefficient (Wildman–Crippen LogP) is 3.53. The molecular formula is C17H17NO3S. The fourth-order valence-electron chi connectivity index (χ4n) is 2.04. The SMILES string of the molecule is C[C@H](Sc1ccccc1C(=O)O)C(=O)N(C)c1ccccc1. The van der Waals surface area contributed by atoms with E-state index in [1.807, 2.05) is 30.3 Å². The minimum atomic E-state index is -0.987. The van der Waals surface area contributed by atoms with Gasteiger partial charge in [-0.05, 0) is 31.2 Å². The number of thioether (sulfide) groups is 1. The van der Waals surface area contributed by atoms with Gasteiger partial charge in [0, 0.05) is 17.6 Å². The minimum absolute atomic E-state index is 0.0728. The van der Waals surface area contributed by atoms with Crippen molar-refractivity contribution in [1.29, 1.82) is 0 Å². The summed E-state index contributed by atoms with van der Waals surface area (Å²) in [5.41, 5.74) is 1.03. The van der Waals surface area contributed by atoms with Crippen LogP contribution >= 0.6 is 11.8 Å². The maximum atomic E-state index is 12.5. The summed E-state index contributed by atoms with van der Waals surface area (Å²) in [5, 5.41) is 8.81. The Kier molecular flexibility index (Phi) is 5.22. The van der Waals surface area contributed by atoms with E-state index in [0.717, 1.165) is 5.69 Å². The van der Waals surface area contributed by atoms with Gasteiger partial charge in [0.25, 0.3) is 0 Å². The zero-order chi connectivity index (χ0) is 16.1. The molecule has 0 aliphatic heterocycles. The molecule has 0 fully saturated rings. The fourth-order valence-corrected chi connectivity index (χ4v) is 3.12. The number of carbonyl (C=O) groups excluding carboxylic acids is 1. The zero-order valence-electron chi connectivity index (χ0n) is 12.4. The van der Waals surface area contributed by atoms with Crippen LogP contribution in [0.15, 0.2) is 59.5 Å². The number of carboxylic acids is 1. The van der Waals surface area contributed by atoms with Crippen molar-refractivity contribution in [3.8, 4) is 0 Å². The molecule has 1 N–H and O–H groups in total. The number of amides is 1. The lowest BCUT2D eigenvalue weighted by Crippen LogP contribution is -2.33. The first-order valence-electron chi connectivity index (χ1n) is 6.82. The third-order valence-corrected chi connectivity index (χ3v) is 4.41. The molecule has 2 aromatic rings. The van der Waals surface area contributed by atoms with Crippen LogP contribution < -0.4 is 4.90 Å². The first-order valence-corrected chi connectivity index (χ1v) is 7.70. The van der Waals surface area contributed by atoms with Crippen molar-refractivity contribution in [3.63, 3.8) is 0 Å². The Bertz CT molecular complexity index is 673. The van der Waals surface area contributed by atoms with E-state index >= 15 is 0 Å². The van der Waals surface area contributed by atoms with Gasteiger partial charge in [-0.25, -0.2) is 4.79 Å². The second-order valence-electron chi connectivity index (χ2n) is 4.79. The van der Waals surface area contributed by atoms with Crippen LogP contribution in [0.2, 0.25) is 0 Å². The quantitative estimate of drug-likeness (QED) is 0.858. The molecule has 1 amide bonds. The number of carboxylic acid groups (broad SMARTS) is 1. The molecule has 0 saturated heterocycles. The first-order chi connectivity index (χ1) is 10.5. The number of benzene rings is 2. The lowest BCUT2D eigenvalue weighted by Gasteiger charge is -2.21. The van der Waals surface area contributed by atoms with Gasteiger partial charge in [0.2, 0.25) is 5.91 Å². The summed E-state index contributed by atoms with van der Waals surface area (Å²) in [5.74, 6) is -1.06. The maximum Gasteiger partial charge on any atom is 0.336 e. The molecule has 0 bridgehead atoms. The highest BCUT2D eigenvalue weighted by Crippen LogP contribution is 2.28. The summed E-state index contributed by atoms with van der Waals surface area (Å²) in [6.45, 7) is 1.78. The van der Waals surface area contributed by atoms with E-state index in [9.17, 15) is 14.7 Å². The molecule has 2 aromatic carbocycles. The molecule has 4 nitrogen and oxygen atoms in total. The Hall–Kier alpha value is -2.27. The molecule has 0 aliphatic rings. The van der Waals surface area contributed by atoms with Crippen molar-refractivity contribution in [2.75, 3.05) is 11.9 Å². The molecule has 22 heavy (non-hydrogen) atoms. The fraction of sp³-hybridized carbons (Fsp3) is 0.176. The van der Waals surface area contributed by atoms with Crippen LogP contribution in [0.4, 0.5) is 5.69 Å². The molecule has 0 aromatic heterocycles. The van der Waals surface area contributed by atoms with Gasteiger partial charge in [-0.15, -0.1) is 11.8 Å². The van der Waals surface area contributed by atoms with Crippen LogP contribution in [0.1, 0.15) is 17.3 Å². The molecule has 0 spiro atoms. The Balaban J connectivity index is 2.14. The number of para-hydroxylation sites is 1. The lowest BCUT2D eigenvalue weighted by atomic mass is 10.2. The average Bonchev–Trinajstić information content (AvgIpc) is 2.54. The first kappa shape index (κ1) is 16.1. The number of anilines is 1. The molecule has 114 valence electrons. The highest BCUT2D eigenvalue weighted by molar-refractivity contribution is 8.00. The minimum Gasteiger partial charge on any atom is -0.478 e. The van der Waals surface area contributed by atoms with Crippen molar-refractivity contribution in [2.24, 2.45) is 0 Å². The maximum absolute atomic E-state index is 12.5. The molecule has 0 radical (unpaired) electrons. The molecule has 0 unspecified atom stereocenters. The smallest absolute Gasteiger partial charge is 0.336 e. The zero-order valence-corrected chi connectivity index (χ0v) is 13.2. The van der Waals surface area contributed by atoms with Crippen LogP contribution in [-0.4, -0.2) is 29.3 Å². The number of carbonyl (C=O) groups is 2. The van der Waals surface area contributed by atoms with Crippen LogP contribution in [0.5, 0.6) is 0 Å². The van der Waals surface area contributed by atoms with Gasteiger partial charge in [0.1, 0.15) is 0 Å². The van der Waals surface area contributed by atoms with Crippen molar-refractivity contribution >= 4 is 29.3 Å². The third kappa shape index (κ3) is 3.68. The van der Waals surface area contributed by atoms with E-state index in [-0.39, 0.29) is 16.7 Å². The Labute approximate surface area is 133 Å². The second-order valence-corrected chi connectivity index (χ2v) is 6.18. The second kappa shape index (κ2) is 7.13. The lowest BCUT2D eigenvalue weighted by molar-refractivity contribution is -0.117. The van der Waals surface area contributed by atoms with E-state index < -0.39 is 5.97 Å². The van der Waals surface area contributed by atoms with Crippen LogP contribution in [0.3, 0.4) is 0 Å². The van der Waals surface area contributed by atoms with Gasteiger partial charge in [0.15, 0.2) is 0 Å². The van der Waals surface area contributed by atoms with Gasteiger partial charge in [-0.1, -0.05) is 30.3 Å². The number of hydrogen-bond donors (Lipinski definition) is 1. The summed E-state index contributed by atoms with van der Waals surface area (Å²) in [6.07, 6.45) is 0.